The number of nitrogens with one attached hydrogen (secondary N) is 1. The minimum absolute atomic E-state index is 0.202. The molecule has 2 aromatic rings. The van der Waals surface area contributed by atoms with Gasteiger partial charge in [-0.3, -0.25) is 4.79 Å². The maximum Gasteiger partial charge on any atom is 0.261 e. The van der Waals surface area contributed by atoms with Crippen LogP contribution in [-0.4, -0.2) is 30.6 Å². The van der Waals surface area contributed by atoms with E-state index in [1.165, 1.54) is 0 Å². The van der Waals surface area contributed by atoms with Crippen LogP contribution in [0.5, 0.6) is 5.75 Å². The molecule has 0 bridgehead atoms. The number of hydrogen-bond donors (Lipinski definition) is 1. The van der Waals surface area contributed by atoms with E-state index in [0.717, 1.165) is 17.9 Å². The summed E-state index contributed by atoms with van der Waals surface area (Å²) < 4.78 is 5.60. The number of hydrogen-bond acceptors (Lipinski definition) is 5. The summed E-state index contributed by atoms with van der Waals surface area (Å²) in [6.45, 7) is 5.01. The minimum Gasteiger partial charge on any atom is -0.481 e. The molecule has 1 heterocycles. The van der Waals surface area contributed by atoms with E-state index in [-0.39, 0.29) is 5.91 Å². The molecule has 0 fully saturated rings. The molecule has 1 aromatic carbocycles. The number of aromatic nitrogens is 1. The highest BCUT2D eigenvalue weighted by molar-refractivity contribution is 5.80. The second kappa shape index (κ2) is 8.69. The molecule has 130 valence electrons. The molecule has 1 unspecified atom stereocenters. The van der Waals surface area contributed by atoms with Gasteiger partial charge in [0.2, 0.25) is 0 Å². The van der Waals surface area contributed by atoms with Gasteiger partial charge in [0.05, 0.1) is 11.6 Å². The van der Waals surface area contributed by atoms with Gasteiger partial charge >= 0.3 is 0 Å². The summed E-state index contributed by atoms with van der Waals surface area (Å²) in [6.07, 6.45) is 1.10. The first-order valence-corrected chi connectivity index (χ1v) is 8.14. The summed E-state index contributed by atoms with van der Waals surface area (Å²) in [5.41, 5.74) is 1.53. The van der Waals surface area contributed by atoms with Gasteiger partial charge in [0.25, 0.3) is 5.91 Å². The third-order valence-electron chi connectivity index (χ3n) is 3.81. The summed E-state index contributed by atoms with van der Waals surface area (Å²) in [4.78, 5) is 18.5. The molecule has 25 heavy (non-hydrogen) atoms. The second-order valence-electron chi connectivity index (χ2n) is 5.65. The van der Waals surface area contributed by atoms with Crippen molar-refractivity contribution in [2.45, 2.75) is 26.5 Å². The summed E-state index contributed by atoms with van der Waals surface area (Å²) in [7, 11) is 1.97. The Hall–Kier alpha value is -3.07. The molecular weight excluding hydrogens is 316 g/mol. The summed E-state index contributed by atoms with van der Waals surface area (Å²) in [6, 6.07) is 12.5. The predicted molar refractivity (Wildman–Crippen MR) is 96.3 cm³/mol. The Labute approximate surface area is 148 Å². The number of amides is 1. The molecule has 1 amide bonds. The topological polar surface area (TPSA) is 78.3 Å². The Balaban J connectivity index is 1.89. The fraction of sp³-hybridized carbons (Fsp3) is 0.316. The monoisotopic (exact) mass is 338 g/mol. The van der Waals surface area contributed by atoms with Crippen LogP contribution in [0, 0.1) is 11.3 Å². The second-order valence-corrected chi connectivity index (χ2v) is 5.65. The lowest BCUT2D eigenvalue weighted by molar-refractivity contribution is -0.127. The first-order chi connectivity index (χ1) is 12.0. The molecule has 0 saturated carbocycles. The van der Waals surface area contributed by atoms with Crippen LogP contribution in [0.25, 0.3) is 0 Å². The number of benzene rings is 1. The zero-order valence-corrected chi connectivity index (χ0v) is 14.7. The van der Waals surface area contributed by atoms with Crippen molar-refractivity contribution in [2.75, 3.05) is 18.5 Å². The zero-order valence-electron chi connectivity index (χ0n) is 14.7. The van der Waals surface area contributed by atoms with Gasteiger partial charge < -0.3 is 15.0 Å². The number of carbonyl (C=O) groups excluding carboxylic acids is 1. The van der Waals surface area contributed by atoms with E-state index in [4.69, 9.17) is 10.00 Å². The number of pyridine rings is 1. The van der Waals surface area contributed by atoms with Crippen molar-refractivity contribution in [1.29, 1.82) is 5.26 Å². The number of ether oxygens (including phenoxy) is 1. The highest BCUT2D eigenvalue weighted by Gasteiger charge is 2.14. The van der Waals surface area contributed by atoms with Crippen molar-refractivity contribution in [1.82, 2.24) is 10.3 Å². The molecule has 6 nitrogen and oxygen atoms in total. The predicted octanol–water partition coefficient (Wildman–Crippen LogP) is 2.49. The molecule has 2 rings (SSSR count). The summed E-state index contributed by atoms with van der Waals surface area (Å²) in [5, 5.41) is 11.6. The van der Waals surface area contributed by atoms with E-state index in [1.54, 1.807) is 37.4 Å². The zero-order chi connectivity index (χ0) is 18.2. The van der Waals surface area contributed by atoms with Gasteiger partial charge in [-0.15, -0.1) is 0 Å². The van der Waals surface area contributed by atoms with E-state index in [0.29, 0.717) is 17.9 Å². The Morgan fingerprint density at radius 1 is 1.36 bits per heavy atom. The van der Waals surface area contributed by atoms with E-state index in [2.05, 4.69) is 17.2 Å². The number of rotatable bonds is 7. The first-order valence-electron chi connectivity index (χ1n) is 8.14. The van der Waals surface area contributed by atoms with Gasteiger partial charge in [-0.1, -0.05) is 0 Å². The highest BCUT2D eigenvalue weighted by atomic mass is 16.5. The van der Waals surface area contributed by atoms with Gasteiger partial charge in [0.15, 0.2) is 6.10 Å². The van der Waals surface area contributed by atoms with Crippen molar-refractivity contribution >= 4 is 11.7 Å². The minimum atomic E-state index is -0.632. The largest absolute Gasteiger partial charge is 0.481 e. The van der Waals surface area contributed by atoms with Crippen LogP contribution in [0.3, 0.4) is 0 Å². The maximum atomic E-state index is 12.2. The molecule has 1 N–H and O–H groups in total. The molecule has 1 aromatic heterocycles. The van der Waals surface area contributed by atoms with Gasteiger partial charge in [-0.25, -0.2) is 4.98 Å². The first kappa shape index (κ1) is 18.3. The van der Waals surface area contributed by atoms with Crippen LogP contribution >= 0.6 is 0 Å². The quantitative estimate of drug-likeness (QED) is 0.839. The molecular formula is C19H22N4O2. The van der Waals surface area contributed by atoms with E-state index in [1.807, 2.05) is 30.1 Å². The lowest BCUT2D eigenvalue weighted by Crippen LogP contribution is -2.35. The number of anilines is 1. The van der Waals surface area contributed by atoms with Crippen molar-refractivity contribution < 1.29 is 9.53 Å². The molecule has 1 atom stereocenters. The smallest absolute Gasteiger partial charge is 0.261 e. The van der Waals surface area contributed by atoms with Gasteiger partial charge in [0, 0.05) is 26.3 Å². The fourth-order valence-corrected chi connectivity index (χ4v) is 2.14. The number of carbonyl (C=O) groups is 1. The highest BCUT2D eigenvalue weighted by Crippen LogP contribution is 2.14. The molecule has 0 aliphatic carbocycles. The van der Waals surface area contributed by atoms with Crippen molar-refractivity contribution in [3.05, 3.63) is 53.7 Å². The van der Waals surface area contributed by atoms with Crippen molar-refractivity contribution in [2.24, 2.45) is 0 Å². The number of nitriles is 1. The Kier molecular flexibility index (Phi) is 6.35. The molecule has 6 heteroatoms. The normalized spacial score (nSPS) is 11.3. The average molecular weight is 338 g/mol. The Morgan fingerprint density at radius 3 is 2.72 bits per heavy atom. The Morgan fingerprint density at radius 2 is 2.08 bits per heavy atom. The van der Waals surface area contributed by atoms with E-state index in [9.17, 15) is 4.79 Å². The van der Waals surface area contributed by atoms with Gasteiger partial charge in [-0.2, -0.15) is 5.26 Å². The third kappa shape index (κ3) is 5.21. The standard InChI is InChI=1S/C19H22N4O2/c1-4-23(3)18-11-16(9-10-21-18)13-22-19(24)14(2)25-17-7-5-15(12-20)6-8-17/h5-11,14H,4,13H2,1-3H3,(H,22,24). The van der Waals surface area contributed by atoms with Crippen LogP contribution in [-0.2, 0) is 11.3 Å². The van der Waals surface area contributed by atoms with Crippen LogP contribution < -0.4 is 15.0 Å². The molecule has 0 aliphatic heterocycles. The van der Waals surface area contributed by atoms with Crippen LogP contribution in [0.2, 0.25) is 0 Å². The molecule has 0 saturated heterocycles. The van der Waals surface area contributed by atoms with Crippen molar-refractivity contribution in [3.8, 4) is 11.8 Å². The van der Waals surface area contributed by atoms with Gasteiger partial charge in [-0.05, 0) is 55.8 Å². The van der Waals surface area contributed by atoms with Crippen LogP contribution in [0.4, 0.5) is 5.82 Å². The molecule has 0 spiro atoms. The lowest BCUT2D eigenvalue weighted by atomic mass is 10.2. The Bertz CT molecular complexity index is 753. The summed E-state index contributed by atoms with van der Waals surface area (Å²) >= 11 is 0. The van der Waals surface area contributed by atoms with Crippen molar-refractivity contribution in [3.63, 3.8) is 0 Å². The number of nitrogens with zero attached hydrogens (tertiary/aromatic N) is 3. The van der Waals surface area contributed by atoms with Crippen LogP contribution in [0.1, 0.15) is 25.0 Å². The SMILES string of the molecule is CCN(C)c1cc(CNC(=O)C(C)Oc2ccc(C#N)cc2)ccn1. The average Bonchev–Trinajstić information content (AvgIpc) is 2.66. The molecule has 0 radical (unpaired) electrons. The summed E-state index contributed by atoms with van der Waals surface area (Å²) in [5.74, 6) is 1.22. The third-order valence-corrected chi connectivity index (χ3v) is 3.81. The van der Waals surface area contributed by atoms with Gasteiger partial charge in [0.1, 0.15) is 11.6 Å². The van der Waals surface area contributed by atoms with E-state index < -0.39 is 6.10 Å². The maximum absolute atomic E-state index is 12.2. The lowest BCUT2D eigenvalue weighted by Gasteiger charge is -2.17. The fourth-order valence-electron chi connectivity index (χ4n) is 2.14. The van der Waals surface area contributed by atoms with Crippen LogP contribution in [0.15, 0.2) is 42.6 Å². The van der Waals surface area contributed by atoms with E-state index >= 15 is 0 Å². The molecule has 0 aliphatic rings.